The molecule has 0 radical (unpaired) electrons. The normalized spacial score (nSPS) is 21.1. The molecule has 6 heteroatoms. The van der Waals surface area contributed by atoms with Crippen molar-refractivity contribution in [2.24, 2.45) is 11.7 Å². The number of piperidine rings is 1. The molecule has 1 fully saturated rings. The van der Waals surface area contributed by atoms with E-state index < -0.39 is 0 Å². The van der Waals surface area contributed by atoms with Gasteiger partial charge < -0.3 is 15.6 Å². The SMILES string of the molecule is NCC1CCCN(c2nc[nH]c(=O)c2I)C1. The van der Waals surface area contributed by atoms with Crippen molar-refractivity contribution in [3.8, 4) is 0 Å². The summed E-state index contributed by atoms with van der Waals surface area (Å²) >= 11 is 2.05. The van der Waals surface area contributed by atoms with Crippen molar-refractivity contribution < 1.29 is 0 Å². The van der Waals surface area contributed by atoms with E-state index in [0.717, 1.165) is 25.3 Å². The zero-order valence-corrected chi connectivity index (χ0v) is 11.1. The molecule has 16 heavy (non-hydrogen) atoms. The van der Waals surface area contributed by atoms with Crippen LogP contribution >= 0.6 is 22.6 Å². The summed E-state index contributed by atoms with van der Waals surface area (Å²) in [5.41, 5.74) is 5.63. The molecule has 0 aromatic carbocycles. The van der Waals surface area contributed by atoms with E-state index in [0.29, 0.717) is 16.0 Å². The number of aromatic amines is 1. The highest BCUT2D eigenvalue weighted by atomic mass is 127. The van der Waals surface area contributed by atoms with Gasteiger partial charge in [0.1, 0.15) is 9.39 Å². The average molecular weight is 334 g/mol. The molecule has 1 aromatic heterocycles. The highest BCUT2D eigenvalue weighted by Gasteiger charge is 2.22. The Kier molecular flexibility index (Phi) is 3.80. The average Bonchev–Trinajstić information content (AvgIpc) is 2.33. The van der Waals surface area contributed by atoms with Gasteiger partial charge in [0.2, 0.25) is 0 Å². The van der Waals surface area contributed by atoms with Crippen molar-refractivity contribution in [2.45, 2.75) is 12.8 Å². The van der Waals surface area contributed by atoms with E-state index in [2.05, 4.69) is 14.9 Å². The Bertz CT molecular complexity index is 420. The second-order valence-electron chi connectivity index (χ2n) is 4.06. The fourth-order valence-electron chi connectivity index (χ4n) is 2.04. The van der Waals surface area contributed by atoms with Gasteiger partial charge in [0, 0.05) is 13.1 Å². The van der Waals surface area contributed by atoms with E-state index in [1.807, 2.05) is 22.6 Å². The topological polar surface area (TPSA) is 75.0 Å². The number of aromatic nitrogens is 2. The molecule has 1 aromatic rings. The van der Waals surface area contributed by atoms with E-state index in [4.69, 9.17) is 5.73 Å². The second-order valence-corrected chi connectivity index (χ2v) is 5.14. The van der Waals surface area contributed by atoms with Gasteiger partial charge in [0.25, 0.3) is 5.56 Å². The fourth-order valence-corrected chi connectivity index (χ4v) is 2.68. The number of anilines is 1. The Morgan fingerprint density at radius 3 is 3.25 bits per heavy atom. The molecule has 2 heterocycles. The van der Waals surface area contributed by atoms with Gasteiger partial charge >= 0.3 is 0 Å². The summed E-state index contributed by atoms with van der Waals surface area (Å²) in [6.45, 7) is 2.57. The van der Waals surface area contributed by atoms with Gasteiger partial charge in [-0.3, -0.25) is 4.79 Å². The number of nitrogens with two attached hydrogens (primary N) is 1. The largest absolute Gasteiger partial charge is 0.355 e. The molecule has 0 aliphatic carbocycles. The highest BCUT2D eigenvalue weighted by molar-refractivity contribution is 14.1. The lowest BCUT2D eigenvalue weighted by Crippen LogP contribution is -2.40. The predicted molar refractivity (Wildman–Crippen MR) is 71.6 cm³/mol. The van der Waals surface area contributed by atoms with Crippen molar-refractivity contribution in [1.82, 2.24) is 9.97 Å². The smallest absolute Gasteiger partial charge is 0.266 e. The number of H-pyrrole nitrogens is 1. The number of nitrogens with one attached hydrogen (secondary N) is 1. The minimum atomic E-state index is -0.0690. The summed E-state index contributed by atoms with van der Waals surface area (Å²) in [6.07, 6.45) is 3.76. The fraction of sp³-hybridized carbons (Fsp3) is 0.600. The first-order chi connectivity index (χ1) is 7.72. The molecule has 0 bridgehead atoms. The number of rotatable bonds is 2. The van der Waals surface area contributed by atoms with Crippen molar-refractivity contribution in [3.05, 3.63) is 20.3 Å². The summed E-state index contributed by atoms with van der Waals surface area (Å²) in [7, 11) is 0. The molecular formula is C10H15IN4O. The van der Waals surface area contributed by atoms with Crippen LogP contribution in [-0.2, 0) is 0 Å². The monoisotopic (exact) mass is 334 g/mol. The molecule has 0 amide bonds. The van der Waals surface area contributed by atoms with Gasteiger partial charge in [-0.05, 0) is 47.9 Å². The predicted octanol–water partition coefficient (Wildman–Crippen LogP) is 0.550. The molecule has 2 rings (SSSR count). The molecule has 88 valence electrons. The molecule has 1 atom stereocenters. The van der Waals surface area contributed by atoms with Crippen LogP contribution in [0, 0.1) is 9.49 Å². The van der Waals surface area contributed by atoms with Crippen molar-refractivity contribution in [2.75, 3.05) is 24.5 Å². The summed E-state index contributed by atoms with van der Waals surface area (Å²) in [6, 6.07) is 0. The minimum absolute atomic E-state index is 0.0690. The molecular weight excluding hydrogens is 319 g/mol. The Labute approximate surface area is 108 Å². The molecule has 1 unspecified atom stereocenters. The Balaban J connectivity index is 2.23. The van der Waals surface area contributed by atoms with Gasteiger partial charge in [0.05, 0.1) is 6.33 Å². The second kappa shape index (κ2) is 5.13. The first-order valence-corrected chi connectivity index (χ1v) is 6.48. The van der Waals surface area contributed by atoms with Gasteiger partial charge in [-0.25, -0.2) is 4.98 Å². The number of hydrogen-bond acceptors (Lipinski definition) is 4. The third-order valence-corrected chi connectivity index (χ3v) is 3.90. The number of nitrogens with zero attached hydrogens (tertiary/aromatic N) is 2. The Morgan fingerprint density at radius 1 is 1.69 bits per heavy atom. The van der Waals surface area contributed by atoms with Crippen molar-refractivity contribution >= 4 is 28.4 Å². The van der Waals surface area contributed by atoms with Crippen LogP contribution < -0.4 is 16.2 Å². The zero-order valence-electron chi connectivity index (χ0n) is 8.95. The van der Waals surface area contributed by atoms with Gasteiger partial charge in [-0.15, -0.1) is 0 Å². The molecule has 1 aliphatic rings. The maximum Gasteiger partial charge on any atom is 0.266 e. The van der Waals surface area contributed by atoms with E-state index in [-0.39, 0.29) is 5.56 Å². The lowest BCUT2D eigenvalue weighted by molar-refractivity contribution is 0.421. The van der Waals surface area contributed by atoms with Crippen LogP contribution in [0.5, 0.6) is 0 Å². The van der Waals surface area contributed by atoms with Crippen LogP contribution in [0.1, 0.15) is 12.8 Å². The van der Waals surface area contributed by atoms with E-state index in [9.17, 15) is 4.79 Å². The summed E-state index contributed by atoms with van der Waals surface area (Å²) in [5, 5.41) is 0. The van der Waals surface area contributed by atoms with E-state index >= 15 is 0 Å². The molecule has 3 N–H and O–H groups in total. The molecule has 5 nitrogen and oxygen atoms in total. The Hall–Kier alpha value is -0.630. The maximum absolute atomic E-state index is 11.5. The van der Waals surface area contributed by atoms with Crippen LogP contribution in [0.15, 0.2) is 11.1 Å². The molecule has 0 saturated carbocycles. The number of hydrogen-bond donors (Lipinski definition) is 2. The van der Waals surface area contributed by atoms with Crippen LogP contribution in [0.4, 0.5) is 5.82 Å². The molecule has 1 aliphatic heterocycles. The zero-order chi connectivity index (χ0) is 11.5. The lowest BCUT2D eigenvalue weighted by atomic mass is 9.98. The third kappa shape index (κ3) is 2.37. The van der Waals surface area contributed by atoms with Gasteiger partial charge in [-0.1, -0.05) is 0 Å². The summed E-state index contributed by atoms with van der Waals surface area (Å²) < 4.78 is 0.665. The molecule has 1 saturated heterocycles. The van der Waals surface area contributed by atoms with E-state index in [1.54, 1.807) is 0 Å². The summed E-state index contributed by atoms with van der Waals surface area (Å²) in [4.78, 5) is 20.5. The standard InChI is InChI=1S/C10H15IN4O/c11-8-9(13-6-14-10(8)16)15-3-1-2-7(4-12)5-15/h6-7H,1-5,12H2,(H,13,14,16). The quantitative estimate of drug-likeness (QED) is 0.775. The van der Waals surface area contributed by atoms with Crippen LogP contribution in [-0.4, -0.2) is 29.6 Å². The first-order valence-electron chi connectivity index (χ1n) is 5.40. The first kappa shape index (κ1) is 11.8. The minimum Gasteiger partial charge on any atom is -0.355 e. The van der Waals surface area contributed by atoms with Crippen LogP contribution in [0.3, 0.4) is 0 Å². The van der Waals surface area contributed by atoms with E-state index in [1.165, 1.54) is 12.7 Å². The van der Waals surface area contributed by atoms with Gasteiger partial charge in [-0.2, -0.15) is 0 Å². The van der Waals surface area contributed by atoms with Crippen molar-refractivity contribution in [1.29, 1.82) is 0 Å². The van der Waals surface area contributed by atoms with Crippen LogP contribution in [0.25, 0.3) is 0 Å². The summed E-state index contributed by atoms with van der Waals surface area (Å²) in [5.74, 6) is 1.31. The van der Waals surface area contributed by atoms with Crippen molar-refractivity contribution in [3.63, 3.8) is 0 Å². The molecule has 0 spiro atoms. The Morgan fingerprint density at radius 2 is 2.50 bits per heavy atom. The third-order valence-electron chi connectivity index (χ3n) is 2.93. The lowest BCUT2D eigenvalue weighted by Gasteiger charge is -2.33. The van der Waals surface area contributed by atoms with Gasteiger partial charge in [0.15, 0.2) is 0 Å². The highest BCUT2D eigenvalue weighted by Crippen LogP contribution is 2.22. The maximum atomic E-state index is 11.5. The number of halogens is 1. The van der Waals surface area contributed by atoms with Crippen LogP contribution in [0.2, 0.25) is 0 Å².